The van der Waals surface area contributed by atoms with Crippen LogP contribution in [0.25, 0.3) is 0 Å². The second-order valence-electron chi connectivity index (χ2n) is 28.9. The van der Waals surface area contributed by atoms with Crippen molar-refractivity contribution in [3.05, 3.63) is 0 Å². The number of hydrogen-bond donors (Lipinski definition) is 28. The predicted molar refractivity (Wildman–Crippen MR) is 354 cm³/mol. The Bertz CT molecular complexity index is 3080. The van der Waals surface area contributed by atoms with Gasteiger partial charge in [-0.15, -0.1) is 0 Å². The van der Waals surface area contributed by atoms with Crippen molar-refractivity contribution in [2.24, 2.45) is 0 Å². The van der Waals surface area contributed by atoms with E-state index in [0.29, 0.717) is 0 Å². The molecule has 50 nitrogen and oxygen atoms in total. The maximum absolute atomic E-state index is 13.2. The highest BCUT2D eigenvalue weighted by molar-refractivity contribution is 5.75. The van der Waals surface area contributed by atoms with Gasteiger partial charge in [0.15, 0.2) is 56.6 Å². The van der Waals surface area contributed by atoms with Crippen LogP contribution in [0.3, 0.4) is 0 Å². The molecule has 0 saturated carbocycles. The molecule has 0 aromatic rings. The monoisotopic (exact) mass is 1670 g/mol. The van der Waals surface area contributed by atoms with Crippen molar-refractivity contribution in [2.75, 3.05) is 52.9 Å². The van der Waals surface area contributed by atoms with E-state index in [0.717, 1.165) is 34.6 Å². The van der Waals surface area contributed by atoms with Crippen molar-refractivity contribution >= 4 is 29.5 Å². The van der Waals surface area contributed by atoms with Crippen LogP contribution in [-0.4, -0.2) is 476 Å². The first-order chi connectivity index (χ1) is 53.8. The topological polar surface area (TPSA) is 768 Å². The van der Waals surface area contributed by atoms with Crippen molar-refractivity contribution in [3.63, 3.8) is 0 Å². The molecule has 1 unspecified atom stereocenters. The summed E-state index contributed by atoms with van der Waals surface area (Å²) in [5.41, 5.74) is 0. The van der Waals surface area contributed by atoms with Crippen LogP contribution >= 0.6 is 0 Å². The molecule has 0 aromatic heterocycles. The second kappa shape index (κ2) is 40.9. The van der Waals surface area contributed by atoms with Crippen LogP contribution in [0.1, 0.15) is 41.5 Å². The molecule has 9 aliphatic heterocycles. The van der Waals surface area contributed by atoms with E-state index in [4.69, 9.17) is 80.5 Å². The molecule has 0 bridgehead atoms. The van der Waals surface area contributed by atoms with Crippen LogP contribution in [0.15, 0.2) is 0 Å². The number of carbonyl (C=O) groups is 5. The molecule has 114 heavy (non-hydrogen) atoms. The molecule has 45 atom stereocenters. The Morgan fingerprint density at radius 1 is 0.246 bits per heavy atom. The van der Waals surface area contributed by atoms with Gasteiger partial charge in [0.25, 0.3) is 0 Å². The number of nitrogens with one attached hydrogen (secondary N) is 5. The molecule has 28 N–H and O–H groups in total. The number of rotatable bonds is 29. The Morgan fingerprint density at radius 2 is 0.535 bits per heavy atom. The molecule has 9 heterocycles. The maximum atomic E-state index is 13.2. The first-order valence-corrected chi connectivity index (χ1v) is 36.5. The normalized spacial score (nSPS) is 48.2. The lowest BCUT2D eigenvalue weighted by Crippen LogP contribution is -2.71. The molecular formula is C64H107N5O45. The Hall–Kier alpha value is -4.25. The maximum Gasteiger partial charge on any atom is 0.217 e. The van der Waals surface area contributed by atoms with Crippen molar-refractivity contribution in [3.8, 4) is 0 Å². The Morgan fingerprint density at radius 3 is 1.01 bits per heavy atom. The Kier molecular flexibility index (Phi) is 33.6. The number of aliphatic hydroxyl groups is 23. The van der Waals surface area contributed by atoms with Crippen LogP contribution in [0.2, 0.25) is 0 Å². The quantitative estimate of drug-likeness (QED) is 0.0331. The van der Waals surface area contributed by atoms with E-state index in [-0.39, 0.29) is 0 Å². The molecule has 0 radical (unpaired) electrons. The second-order valence-corrected chi connectivity index (χ2v) is 28.9. The van der Waals surface area contributed by atoms with Crippen LogP contribution < -0.4 is 26.6 Å². The highest BCUT2D eigenvalue weighted by Crippen LogP contribution is 2.39. The molecule has 0 aromatic carbocycles. The van der Waals surface area contributed by atoms with E-state index in [2.05, 4.69) is 26.6 Å². The van der Waals surface area contributed by atoms with Gasteiger partial charge in [-0.25, -0.2) is 0 Å². The fourth-order valence-electron chi connectivity index (χ4n) is 14.7. The van der Waals surface area contributed by atoms with Gasteiger partial charge in [0.2, 0.25) is 29.5 Å². The van der Waals surface area contributed by atoms with Crippen LogP contribution in [-0.2, 0) is 104 Å². The summed E-state index contributed by atoms with van der Waals surface area (Å²) in [5, 5.41) is 268. The number of aliphatic hydroxyl groups excluding tert-OH is 23. The van der Waals surface area contributed by atoms with E-state index in [1.807, 2.05) is 0 Å². The third kappa shape index (κ3) is 21.0. The Balaban J connectivity index is 1.01. The fourth-order valence-corrected chi connectivity index (χ4v) is 14.7. The molecule has 9 fully saturated rings. The van der Waals surface area contributed by atoms with E-state index < -0.39 is 358 Å². The number of carbonyl (C=O) groups excluding carboxylic acids is 5. The summed E-state index contributed by atoms with van der Waals surface area (Å²) in [4.78, 5) is 63.6. The van der Waals surface area contributed by atoms with Crippen molar-refractivity contribution in [2.45, 2.75) is 318 Å². The summed E-state index contributed by atoms with van der Waals surface area (Å²) in [7, 11) is 0. The largest absolute Gasteiger partial charge is 0.394 e. The first-order valence-electron chi connectivity index (χ1n) is 36.5. The number of ether oxygens (including phenoxy) is 17. The molecule has 0 spiro atoms. The van der Waals surface area contributed by atoms with Gasteiger partial charge in [-0.3, -0.25) is 24.0 Å². The zero-order valence-electron chi connectivity index (χ0n) is 61.9. The lowest BCUT2D eigenvalue weighted by Gasteiger charge is -2.51. The average molecular weight is 1670 g/mol. The molecule has 9 aliphatic rings. The van der Waals surface area contributed by atoms with Gasteiger partial charge in [0.1, 0.15) is 213 Å². The van der Waals surface area contributed by atoms with Gasteiger partial charge in [-0.1, -0.05) is 0 Å². The zero-order chi connectivity index (χ0) is 84.1. The van der Waals surface area contributed by atoms with Gasteiger partial charge in [0.05, 0.1) is 59.0 Å². The van der Waals surface area contributed by atoms with E-state index in [1.165, 1.54) is 6.92 Å². The fraction of sp³-hybridized carbons (Fsp3) is 0.922. The summed E-state index contributed by atoms with van der Waals surface area (Å²) in [6.07, 6.45) is -79.6. The third-order valence-electron chi connectivity index (χ3n) is 20.7. The first kappa shape index (κ1) is 93.6. The van der Waals surface area contributed by atoms with Gasteiger partial charge in [-0.2, -0.15) is 0 Å². The average Bonchev–Trinajstić information content (AvgIpc) is 0.774. The summed E-state index contributed by atoms with van der Waals surface area (Å²) < 4.78 is 101. The highest BCUT2D eigenvalue weighted by Gasteiger charge is 2.61. The van der Waals surface area contributed by atoms with Crippen molar-refractivity contribution in [1.82, 2.24) is 26.6 Å². The minimum absolute atomic E-state index is 0.771. The van der Waals surface area contributed by atoms with E-state index in [9.17, 15) is 141 Å². The van der Waals surface area contributed by atoms with Crippen LogP contribution in [0.5, 0.6) is 0 Å². The highest BCUT2D eigenvalue weighted by atomic mass is 16.8. The minimum atomic E-state index is -2.51. The minimum Gasteiger partial charge on any atom is -0.394 e. The third-order valence-corrected chi connectivity index (χ3v) is 20.7. The molecule has 0 aliphatic carbocycles. The zero-order valence-corrected chi connectivity index (χ0v) is 61.9. The number of hydrogen-bond acceptors (Lipinski definition) is 45. The summed E-state index contributed by atoms with van der Waals surface area (Å²) in [6, 6.07) is -8.99. The van der Waals surface area contributed by atoms with Crippen molar-refractivity contribution < 1.29 is 222 Å². The van der Waals surface area contributed by atoms with Crippen molar-refractivity contribution in [1.29, 1.82) is 0 Å². The lowest BCUT2D eigenvalue weighted by molar-refractivity contribution is -0.391. The van der Waals surface area contributed by atoms with Crippen LogP contribution in [0, 0.1) is 0 Å². The summed E-state index contributed by atoms with van der Waals surface area (Å²) >= 11 is 0. The standard InChI is InChI=1S/C64H107N5O45/c1-15-34(81)44(91)47(94)61(100-15)114-55-45(92)37(84)23(9-72)104-64(55)111-51-25(11-74)106-60(32(43(51)90)68-19(5)79)113-54-39(86)28(108-63(49(54)96)112-53-33(69-20(6)80)56(97)101-27(38(53)85)13-98-57-29(65-16(2)76)40(87)35(82)21(7-70)102-57)14-99-58-31(67-18(4)78)42(89)50(24(10-73)105-58)110-62-48(95)46(93)52(26(12-75)107-62)109-59-30(66-17(3)77)41(88)36(83)22(8-71)103-59/h15,21-64,70-75,81-97H,7-14H2,1-6H3,(H,65,76)(H,66,77)(H,67,78)(H,68,79)(H,69,80)/t15-,21+,22+,23+,24+,25+,26+,27+,28+,29+,30+,31+,32+,33+,34+,35+,36+,37-,38-,39-,40+,41+,42+,43+,44+,45-,46+,47-,48+,49+,50+,51+,52-,53+,54-,55+,56?,57+,58+,59+,60-,61-,62-,63-,64-/m0/s1. The molecule has 50 heteroatoms. The molecule has 658 valence electrons. The van der Waals surface area contributed by atoms with Gasteiger partial charge in [-0.05, 0) is 6.92 Å². The number of amides is 5. The van der Waals surface area contributed by atoms with E-state index in [1.54, 1.807) is 0 Å². The Labute approximate surface area is 646 Å². The molecule has 9 saturated heterocycles. The lowest BCUT2D eigenvalue weighted by atomic mass is 9.93. The summed E-state index contributed by atoms with van der Waals surface area (Å²) in [6.45, 7) is -2.09. The van der Waals surface area contributed by atoms with Gasteiger partial charge < -0.3 is 225 Å². The van der Waals surface area contributed by atoms with Crippen LogP contribution in [0.4, 0.5) is 0 Å². The molecular weight excluding hydrogens is 1560 g/mol. The van der Waals surface area contributed by atoms with Gasteiger partial charge >= 0.3 is 0 Å². The predicted octanol–water partition coefficient (Wildman–Crippen LogP) is -18.9. The van der Waals surface area contributed by atoms with E-state index >= 15 is 0 Å². The SMILES string of the molecule is CC(=O)N[C@H]1[C@H](OC[C@H]2O[C@@H](O[C@H]3[C@@H](O)[C@@H](CO[C@@H]4O[C@H](CO)[C@@H](O)[C@H](O)[C@H]4NC(C)=O)OC(O)[C@@H]3NC(C)=O)[C@H](O)[C@@H](O[C@@H]3O[C@H](CO)[C@@H](O[C@@H]4O[C@H](CO)[C@H](O)[C@H](O)[C@H]4O[C@@H]4O[C@@H](C)[C@@H](O)[C@@H](O)[C@@H]4O)[C@H](O)[C@H]3NC(C)=O)[C@H]2O)O[C@H](CO)[C@@H](O[C@@H]2O[C@H](CO)[C@H](O[C@H]3O[C@H](CO)[C@@H](O)[C@H](O)[C@H]3NC(C)=O)[C@H](O)[C@H]2O)[C@@H]1O. The van der Waals surface area contributed by atoms with Gasteiger partial charge in [0, 0.05) is 34.6 Å². The molecule has 5 amide bonds. The molecule has 9 rings (SSSR count). The summed E-state index contributed by atoms with van der Waals surface area (Å²) in [5.74, 6) is -4.39. The smallest absolute Gasteiger partial charge is 0.217 e.